The minimum absolute atomic E-state index is 0.119. The fourth-order valence-electron chi connectivity index (χ4n) is 3.51. The van der Waals surface area contributed by atoms with Crippen molar-refractivity contribution in [2.75, 3.05) is 33.3 Å². The lowest BCUT2D eigenvalue weighted by atomic mass is 9.90. The van der Waals surface area contributed by atoms with Crippen molar-refractivity contribution >= 4 is 5.91 Å². The third-order valence-corrected chi connectivity index (χ3v) is 5.08. The van der Waals surface area contributed by atoms with Gasteiger partial charge in [-0.1, -0.05) is 12.6 Å². The van der Waals surface area contributed by atoms with E-state index in [1.807, 2.05) is 19.1 Å². The van der Waals surface area contributed by atoms with Gasteiger partial charge in [0.05, 0.1) is 12.9 Å². The molecule has 2 heterocycles. The average molecular weight is 353 g/mol. The first kappa shape index (κ1) is 18.4. The number of amides is 1. The van der Waals surface area contributed by atoms with E-state index in [9.17, 15) is 4.79 Å². The second kappa shape index (κ2) is 8.34. The fraction of sp³-hybridized carbons (Fsp3) is 0.381. The third-order valence-electron chi connectivity index (χ3n) is 5.08. The Morgan fingerprint density at radius 1 is 1.38 bits per heavy atom. The van der Waals surface area contributed by atoms with Gasteiger partial charge in [0, 0.05) is 43.5 Å². The van der Waals surface area contributed by atoms with Gasteiger partial charge in [0.15, 0.2) is 0 Å². The number of piperazine rings is 1. The second-order valence-corrected chi connectivity index (χ2v) is 6.68. The van der Waals surface area contributed by atoms with Crippen LogP contribution in [0.15, 0.2) is 54.5 Å². The molecular weight excluding hydrogens is 326 g/mol. The second-order valence-electron chi connectivity index (χ2n) is 6.68. The van der Waals surface area contributed by atoms with Crippen molar-refractivity contribution in [3.8, 4) is 0 Å². The molecule has 1 aromatic carbocycles. The van der Waals surface area contributed by atoms with Crippen LogP contribution in [0.5, 0.6) is 0 Å². The topological polar surface area (TPSA) is 53.6 Å². The zero-order chi connectivity index (χ0) is 18.5. The Balaban J connectivity index is 1.76. The van der Waals surface area contributed by atoms with Crippen LogP contribution in [0, 0.1) is 0 Å². The molecule has 1 aromatic rings. The number of nitrogens with one attached hydrogen (secondary N) is 2. The van der Waals surface area contributed by atoms with Gasteiger partial charge in [-0.05, 0) is 54.8 Å². The van der Waals surface area contributed by atoms with E-state index in [4.69, 9.17) is 4.74 Å². The molecular formula is C21H27N3O2. The molecule has 1 atom stereocenters. The number of carbonyl (C=O) groups is 1. The molecule has 1 saturated heterocycles. The molecule has 0 aromatic heterocycles. The molecule has 1 amide bonds. The number of fused-ring (bicyclic) bond motifs is 3. The maximum Gasteiger partial charge on any atom is 0.255 e. The van der Waals surface area contributed by atoms with Crippen LogP contribution in [-0.2, 0) is 11.2 Å². The number of hydrogen-bond acceptors (Lipinski definition) is 4. The van der Waals surface area contributed by atoms with Crippen molar-refractivity contribution in [3.05, 3.63) is 71.2 Å². The predicted octanol–water partition coefficient (Wildman–Crippen LogP) is 2.54. The van der Waals surface area contributed by atoms with Crippen LogP contribution in [0.1, 0.15) is 34.5 Å². The Labute approximate surface area is 155 Å². The molecule has 26 heavy (non-hydrogen) atoms. The highest BCUT2D eigenvalue weighted by molar-refractivity contribution is 5.95. The number of benzene rings is 1. The fourth-order valence-corrected chi connectivity index (χ4v) is 3.51. The van der Waals surface area contributed by atoms with Gasteiger partial charge < -0.3 is 15.4 Å². The lowest BCUT2D eigenvalue weighted by Crippen LogP contribution is -2.48. The van der Waals surface area contributed by atoms with Gasteiger partial charge in [-0.2, -0.15) is 0 Å². The van der Waals surface area contributed by atoms with Crippen LogP contribution >= 0.6 is 0 Å². The average Bonchev–Trinajstić information content (AvgIpc) is 2.69. The van der Waals surface area contributed by atoms with E-state index in [1.165, 1.54) is 11.1 Å². The summed E-state index contributed by atoms with van der Waals surface area (Å²) in [6, 6.07) is 6.49. The summed E-state index contributed by atoms with van der Waals surface area (Å²) >= 11 is 0. The molecule has 0 aliphatic carbocycles. The van der Waals surface area contributed by atoms with Crippen molar-refractivity contribution in [1.29, 1.82) is 0 Å². The number of nitrogens with zero attached hydrogens (tertiary/aromatic N) is 1. The summed E-state index contributed by atoms with van der Waals surface area (Å²) in [5.41, 5.74) is 3.95. The molecule has 5 nitrogen and oxygen atoms in total. The highest BCUT2D eigenvalue weighted by Crippen LogP contribution is 2.31. The molecule has 1 unspecified atom stereocenters. The van der Waals surface area contributed by atoms with Crippen LogP contribution in [0.2, 0.25) is 0 Å². The van der Waals surface area contributed by atoms with Gasteiger partial charge in [0.2, 0.25) is 0 Å². The Morgan fingerprint density at radius 2 is 2.23 bits per heavy atom. The van der Waals surface area contributed by atoms with Crippen LogP contribution < -0.4 is 10.6 Å². The van der Waals surface area contributed by atoms with Gasteiger partial charge in [-0.15, -0.1) is 0 Å². The molecule has 1 fully saturated rings. The monoisotopic (exact) mass is 353 g/mol. The van der Waals surface area contributed by atoms with E-state index in [1.54, 1.807) is 25.3 Å². The maximum atomic E-state index is 12.6. The summed E-state index contributed by atoms with van der Waals surface area (Å²) in [7, 11) is 1.61. The van der Waals surface area contributed by atoms with Gasteiger partial charge in [0.25, 0.3) is 5.91 Å². The predicted molar refractivity (Wildman–Crippen MR) is 104 cm³/mol. The van der Waals surface area contributed by atoms with Gasteiger partial charge >= 0.3 is 0 Å². The molecule has 0 spiro atoms. The van der Waals surface area contributed by atoms with Crippen molar-refractivity contribution in [2.45, 2.75) is 19.4 Å². The third kappa shape index (κ3) is 4.06. The van der Waals surface area contributed by atoms with Crippen molar-refractivity contribution in [2.24, 2.45) is 0 Å². The normalized spacial score (nSPS) is 20.8. The summed E-state index contributed by atoms with van der Waals surface area (Å²) < 4.78 is 5.10. The summed E-state index contributed by atoms with van der Waals surface area (Å²) in [5.74, 6) is 0.643. The van der Waals surface area contributed by atoms with E-state index in [0.29, 0.717) is 17.3 Å². The molecule has 2 aliphatic rings. The first-order chi connectivity index (χ1) is 12.6. The number of ether oxygens (including phenoxy) is 1. The number of allylic oxidation sites excluding steroid dienone is 4. The SMILES string of the molecule is C=C/C(=C\C=C(/C)OC)NC(=O)c1ccc2c(c1)CCN1CCNCC21. The van der Waals surface area contributed by atoms with Crippen molar-refractivity contribution < 1.29 is 9.53 Å². The minimum atomic E-state index is -0.119. The standard InChI is InChI=1S/C21H27N3O2/c1-4-18(7-5-15(2)26-3)23-21(25)17-6-8-19-16(13-17)9-11-24-12-10-22-14-20(19)24/h4-8,13,20,22H,1,9-12,14H2,2-3H3,(H,23,25)/b15-5+,18-7+. The Kier molecular flexibility index (Phi) is 5.91. The largest absolute Gasteiger partial charge is 0.501 e. The number of carbonyl (C=O) groups excluding carboxylic acids is 1. The first-order valence-electron chi connectivity index (χ1n) is 9.06. The smallest absolute Gasteiger partial charge is 0.255 e. The molecule has 5 heteroatoms. The minimum Gasteiger partial charge on any atom is -0.501 e. The van der Waals surface area contributed by atoms with Crippen molar-refractivity contribution in [3.63, 3.8) is 0 Å². The zero-order valence-corrected chi connectivity index (χ0v) is 15.5. The first-order valence-corrected chi connectivity index (χ1v) is 9.06. The summed E-state index contributed by atoms with van der Waals surface area (Å²) in [4.78, 5) is 15.2. The molecule has 0 radical (unpaired) electrons. The Bertz CT molecular complexity index is 752. The van der Waals surface area contributed by atoms with E-state index < -0.39 is 0 Å². The van der Waals surface area contributed by atoms with Crippen LogP contribution in [-0.4, -0.2) is 44.1 Å². The van der Waals surface area contributed by atoms with Crippen molar-refractivity contribution in [1.82, 2.24) is 15.5 Å². The Hall–Kier alpha value is -2.37. The molecule has 0 bridgehead atoms. The van der Waals surface area contributed by atoms with E-state index in [0.717, 1.165) is 38.4 Å². The summed E-state index contributed by atoms with van der Waals surface area (Å²) in [6.45, 7) is 9.80. The quantitative estimate of drug-likeness (QED) is 0.631. The summed E-state index contributed by atoms with van der Waals surface area (Å²) in [6.07, 6.45) is 6.21. The highest BCUT2D eigenvalue weighted by Gasteiger charge is 2.29. The van der Waals surface area contributed by atoms with Crippen LogP contribution in [0.25, 0.3) is 0 Å². The van der Waals surface area contributed by atoms with E-state index in [-0.39, 0.29) is 5.91 Å². The number of methoxy groups -OCH3 is 1. The molecule has 138 valence electrons. The van der Waals surface area contributed by atoms with Gasteiger partial charge in [-0.25, -0.2) is 0 Å². The van der Waals surface area contributed by atoms with Gasteiger partial charge in [-0.3, -0.25) is 9.69 Å². The Morgan fingerprint density at radius 3 is 3.00 bits per heavy atom. The maximum absolute atomic E-state index is 12.6. The number of hydrogen-bond donors (Lipinski definition) is 2. The lowest BCUT2D eigenvalue weighted by molar-refractivity contribution is 0.0966. The molecule has 2 N–H and O–H groups in total. The molecule has 3 rings (SSSR count). The summed E-state index contributed by atoms with van der Waals surface area (Å²) in [5, 5.41) is 6.38. The van der Waals surface area contributed by atoms with Gasteiger partial charge in [0.1, 0.15) is 0 Å². The van der Waals surface area contributed by atoms with Crippen LogP contribution in [0.4, 0.5) is 0 Å². The van der Waals surface area contributed by atoms with E-state index in [2.05, 4.69) is 28.2 Å². The molecule has 0 saturated carbocycles. The zero-order valence-electron chi connectivity index (χ0n) is 15.5. The lowest BCUT2D eigenvalue weighted by Gasteiger charge is -2.41. The van der Waals surface area contributed by atoms with Crippen LogP contribution in [0.3, 0.4) is 0 Å². The number of rotatable bonds is 5. The van der Waals surface area contributed by atoms with E-state index >= 15 is 0 Å². The highest BCUT2D eigenvalue weighted by atomic mass is 16.5. The molecule has 2 aliphatic heterocycles.